The normalized spacial score (nSPS) is 49.3. The number of rotatable bonds is 22. The van der Waals surface area contributed by atoms with Crippen LogP contribution in [0.2, 0.25) is 0 Å². The number of hydrogen-bond donors (Lipinski definition) is 23. The minimum Gasteiger partial charge on any atom is -0.477 e. The van der Waals surface area contributed by atoms with Gasteiger partial charge in [0.15, 0.2) is 37.7 Å². The third kappa shape index (κ3) is 15.3. The van der Waals surface area contributed by atoms with Gasteiger partial charge in [-0.2, -0.15) is 0 Å². The predicted molar refractivity (Wildman–Crippen MR) is 269 cm³/mol. The van der Waals surface area contributed by atoms with Gasteiger partial charge in [0, 0.05) is 20.3 Å². The van der Waals surface area contributed by atoms with Crippen LogP contribution in [0.25, 0.3) is 0 Å². The topological polar surface area (TPSA) is 620 Å². The highest BCUT2D eigenvalue weighted by molar-refractivity contribution is 5.76. The van der Waals surface area contributed by atoms with Crippen molar-refractivity contribution in [1.82, 2.24) is 10.6 Å². The fourth-order valence-electron chi connectivity index (χ4n) is 11.2. The first-order chi connectivity index (χ1) is 41.3. The first kappa shape index (κ1) is 72.5. The van der Waals surface area contributed by atoms with E-state index < -0.39 is 278 Å². The Bertz CT molecular complexity index is 2260. The summed E-state index contributed by atoms with van der Waals surface area (Å²) in [5.41, 5.74) is 0. The van der Waals surface area contributed by atoms with Crippen LogP contribution in [0.5, 0.6) is 0 Å². The molecule has 0 aromatic carbocycles. The molecule has 7 rings (SSSR count). The number of carbonyl (C=O) groups excluding carboxylic acids is 2. The summed E-state index contributed by atoms with van der Waals surface area (Å²) in [6.45, 7) is -0.859. The Kier molecular flexibility index (Phi) is 25.1. The van der Waals surface area contributed by atoms with Gasteiger partial charge in [-0.05, 0) is 13.8 Å². The maximum atomic E-state index is 13.4. The number of carboxylic acid groups (broad SMARTS) is 1. The highest BCUT2D eigenvalue weighted by Gasteiger charge is 2.62. The van der Waals surface area contributed by atoms with E-state index in [1.807, 2.05) is 0 Å². The lowest BCUT2D eigenvalue weighted by molar-refractivity contribution is -0.395. The second kappa shape index (κ2) is 30.4. The lowest BCUT2D eigenvalue weighted by Gasteiger charge is -2.51. The zero-order valence-corrected chi connectivity index (χ0v) is 47.4. The molecule has 39 heteroatoms. The van der Waals surface area contributed by atoms with E-state index in [0.29, 0.717) is 0 Å². The maximum absolute atomic E-state index is 13.4. The maximum Gasteiger partial charge on any atom is 0.364 e. The van der Waals surface area contributed by atoms with Crippen molar-refractivity contribution < 1.29 is 183 Å². The number of carbonyl (C=O) groups is 3. The molecule has 0 aliphatic carbocycles. The quantitative estimate of drug-likeness (QED) is 0.0479. The summed E-state index contributed by atoms with van der Waals surface area (Å²) in [6.07, 6.45) is -66.7. The van der Waals surface area contributed by atoms with Crippen LogP contribution in [0.15, 0.2) is 0 Å². The first-order valence-electron chi connectivity index (χ1n) is 28.0. The number of aliphatic carboxylic acids is 1. The van der Waals surface area contributed by atoms with Crippen LogP contribution in [0.3, 0.4) is 0 Å². The molecule has 0 saturated carbocycles. The average molecular weight is 1290 g/mol. The van der Waals surface area contributed by atoms with Crippen LogP contribution >= 0.6 is 0 Å². The minimum absolute atomic E-state index is 0.857. The Labute approximate surface area is 498 Å². The molecule has 0 spiro atoms. The fraction of sp³-hybridized carbons (Fsp3) is 0.939. The molecule has 510 valence electrons. The molecule has 7 aliphatic heterocycles. The summed E-state index contributed by atoms with van der Waals surface area (Å²) < 4.78 is 74.5. The van der Waals surface area contributed by atoms with E-state index in [4.69, 9.17) is 61.6 Å². The molecule has 88 heavy (non-hydrogen) atoms. The summed E-state index contributed by atoms with van der Waals surface area (Å²) in [5, 5.41) is 233. The van der Waals surface area contributed by atoms with Crippen molar-refractivity contribution in [2.75, 3.05) is 33.0 Å². The van der Waals surface area contributed by atoms with Crippen LogP contribution in [0.4, 0.5) is 0 Å². The second-order valence-electron chi connectivity index (χ2n) is 22.5. The number of aliphatic hydroxyl groups is 20. The van der Waals surface area contributed by atoms with E-state index in [1.54, 1.807) is 0 Å². The SMILES string of the molecule is CC(=O)N[C@@H]1[C@@H](O[C@@H]2O[C@H](CO)[C@H](O)[C@H](O[C@]3(C(=O)O)C[C@H](O[C@@H]4O[C@@H](C)[C@@H](O)[C@@H](O)[C@@H]4O)[C@@H](O)[C@H]([C@H](O)[C@H](O)CO)O3)[C@H]2O)[C@@H](O)[C@@H](CO[C@@H]2O[C@H](CO)[C@@H](O[C@@H]3O[C@H](CO)[C@H](O)[C@H](O)[C@H]3O[C@@H]3O[C@@H](C)[C@@H](O)[C@@H](O)[C@@H]3O)[C@H](O)[C@H]2NC(C)=O)O[C@@H]1O. The zero-order valence-electron chi connectivity index (χ0n) is 47.4. The molecule has 7 heterocycles. The summed E-state index contributed by atoms with van der Waals surface area (Å²) in [4.78, 5) is 38.7. The van der Waals surface area contributed by atoms with Crippen LogP contribution in [0.1, 0.15) is 34.1 Å². The summed E-state index contributed by atoms with van der Waals surface area (Å²) in [7, 11) is 0. The van der Waals surface area contributed by atoms with Crippen molar-refractivity contribution in [3.05, 3.63) is 0 Å². The van der Waals surface area contributed by atoms with Gasteiger partial charge < -0.3 is 179 Å². The third-order valence-corrected chi connectivity index (χ3v) is 16.2. The molecule has 0 unspecified atom stereocenters. The number of amides is 2. The van der Waals surface area contributed by atoms with E-state index in [1.165, 1.54) is 13.8 Å². The van der Waals surface area contributed by atoms with Gasteiger partial charge in [0.1, 0.15) is 159 Å². The lowest BCUT2D eigenvalue weighted by atomic mass is 9.89. The van der Waals surface area contributed by atoms with Crippen molar-refractivity contribution >= 4 is 17.8 Å². The van der Waals surface area contributed by atoms with Crippen LogP contribution in [-0.2, 0) is 76.0 Å². The summed E-state index contributed by atoms with van der Waals surface area (Å²) >= 11 is 0. The van der Waals surface area contributed by atoms with E-state index >= 15 is 0 Å². The number of carboxylic acids is 1. The van der Waals surface area contributed by atoms with Gasteiger partial charge in [-0.25, -0.2) is 4.79 Å². The van der Waals surface area contributed by atoms with Crippen molar-refractivity contribution in [1.29, 1.82) is 0 Å². The van der Waals surface area contributed by atoms with Crippen molar-refractivity contribution in [2.24, 2.45) is 0 Å². The first-order valence-corrected chi connectivity index (χ1v) is 28.0. The smallest absolute Gasteiger partial charge is 0.364 e. The zero-order chi connectivity index (χ0) is 65.3. The molecule has 39 nitrogen and oxygen atoms in total. The van der Waals surface area contributed by atoms with E-state index in [-0.39, 0.29) is 0 Å². The molecule has 0 aromatic rings. The summed E-state index contributed by atoms with van der Waals surface area (Å²) in [6, 6.07) is -3.61. The van der Waals surface area contributed by atoms with Crippen LogP contribution in [0, 0.1) is 0 Å². The van der Waals surface area contributed by atoms with Gasteiger partial charge in [-0.3, -0.25) is 9.59 Å². The fourth-order valence-corrected chi connectivity index (χ4v) is 11.2. The van der Waals surface area contributed by atoms with E-state index in [0.717, 1.165) is 13.8 Å². The van der Waals surface area contributed by atoms with Crippen molar-refractivity contribution in [3.8, 4) is 0 Å². The van der Waals surface area contributed by atoms with E-state index in [2.05, 4.69) is 10.6 Å². The predicted octanol–water partition coefficient (Wildman–Crippen LogP) is -14.7. The Morgan fingerprint density at radius 1 is 0.489 bits per heavy atom. The molecule has 7 aliphatic rings. The molecule has 7 fully saturated rings. The molecular formula is C49H82N2O37. The molecular weight excluding hydrogens is 1210 g/mol. The van der Waals surface area contributed by atoms with Gasteiger partial charge in [-0.1, -0.05) is 0 Å². The molecule has 23 N–H and O–H groups in total. The van der Waals surface area contributed by atoms with Gasteiger partial charge in [-0.15, -0.1) is 0 Å². The Balaban J connectivity index is 1.12. The summed E-state index contributed by atoms with van der Waals surface area (Å²) in [5.74, 6) is -7.28. The van der Waals surface area contributed by atoms with Crippen molar-refractivity contribution in [2.45, 2.75) is 255 Å². The molecule has 0 aromatic heterocycles. The largest absolute Gasteiger partial charge is 0.477 e. The molecule has 2 amide bonds. The second-order valence-corrected chi connectivity index (χ2v) is 22.5. The third-order valence-electron chi connectivity index (χ3n) is 16.2. The average Bonchev–Trinajstić information content (AvgIpc) is 1.80. The van der Waals surface area contributed by atoms with Crippen LogP contribution < -0.4 is 10.6 Å². The minimum atomic E-state index is -3.36. The number of hydrogen-bond acceptors (Lipinski definition) is 36. The van der Waals surface area contributed by atoms with Gasteiger partial charge in [0.2, 0.25) is 11.8 Å². The standard InChI is InChI=1S/C49H82N2O37/c1-11-23(59)31(67)34(70)44(77-11)80-16-5-49(48(74)75,87-39(27(16)63)25(61)15(58)6-52)88-40-28(64)18(8-54)81-46(36(40)72)85-38-22(51-14(4)57)42(73)79-20(29(38)65)10-76-43-21(50-13(3)56)30(66)37(19(9-55)83-43)84-47-41(33(69)26(62)17(7-53)82-47)86-45-35(71)32(68)24(60)12(2)78-45/h11-12,15-47,52-55,58-73H,5-10H2,1-4H3,(H,50,56)(H,51,57)(H,74,75)/t11-,12-,15+,16-,17+,18+,19+,20+,21+,22+,23+,24+,25+,26-,27+,28-,29-,30+,31+,32+,33-,34-,35-,36+,37+,38+,39-,40-,41+,42-,43+,44-,45-,46-,47-,49-/m0/s1. The highest BCUT2D eigenvalue weighted by Crippen LogP contribution is 2.41. The lowest BCUT2D eigenvalue weighted by Crippen LogP contribution is -2.70. The van der Waals surface area contributed by atoms with Crippen LogP contribution in [-0.4, -0.2) is 378 Å². The molecule has 7 saturated heterocycles. The van der Waals surface area contributed by atoms with Gasteiger partial charge in [0.25, 0.3) is 5.79 Å². The molecule has 0 bridgehead atoms. The molecule has 0 radical (unpaired) electrons. The number of ether oxygens (including phenoxy) is 13. The monoisotopic (exact) mass is 1290 g/mol. The number of aliphatic hydroxyl groups excluding tert-OH is 20. The highest BCUT2D eigenvalue weighted by atomic mass is 16.8. The van der Waals surface area contributed by atoms with E-state index in [9.17, 15) is 122 Å². The van der Waals surface area contributed by atoms with Crippen molar-refractivity contribution in [3.63, 3.8) is 0 Å². The Hall–Kier alpha value is -2.91. The Morgan fingerprint density at radius 2 is 0.977 bits per heavy atom. The Morgan fingerprint density at radius 3 is 1.52 bits per heavy atom. The molecule has 36 atom stereocenters. The van der Waals surface area contributed by atoms with Gasteiger partial charge >= 0.3 is 5.97 Å². The number of nitrogens with one attached hydrogen (secondary N) is 2. The van der Waals surface area contributed by atoms with Gasteiger partial charge in [0.05, 0.1) is 51.3 Å².